The van der Waals surface area contributed by atoms with Crippen molar-refractivity contribution in [3.05, 3.63) is 39.9 Å². The summed E-state index contributed by atoms with van der Waals surface area (Å²) in [5.74, 6) is 0. The second-order valence-corrected chi connectivity index (χ2v) is 5.56. The lowest BCUT2D eigenvalue weighted by Gasteiger charge is -2.31. The lowest BCUT2D eigenvalue weighted by Crippen LogP contribution is -2.30. The topological polar surface area (TPSA) is 23.5 Å². The molecule has 1 unspecified atom stereocenters. The van der Waals surface area contributed by atoms with Crippen LogP contribution in [-0.2, 0) is 0 Å². The summed E-state index contributed by atoms with van der Waals surface area (Å²) in [4.78, 5) is 2.34. The Bertz CT molecular complexity index is 440. The molecule has 92 valence electrons. The van der Waals surface area contributed by atoms with Gasteiger partial charge in [0.1, 0.15) is 0 Å². The van der Waals surface area contributed by atoms with Gasteiger partial charge in [-0.1, -0.05) is 27.6 Å². The maximum atomic E-state index is 9.86. The summed E-state index contributed by atoms with van der Waals surface area (Å²) in [5.41, 5.74) is 3.54. The maximum absolute atomic E-state index is 9.86. The Kier molecular flexibility index (Phi) is 3.89. The van der Waals surface area contributed by atoms with Crippen molar-refractivity contribution in [3.8, 4) is 0 Å². The molecule has 2 nitrogen and oxygen atoms in total. The maximum Gasteiger partial charge on any atom is 0.0782 e. The standard InChI is InChI=1S/C14H18BrNO/c1-10-4-3-7-16(9-10)14-6-5-12(15)8-13(14)11(2)17/h4-6,8,11,17H,3,7,9H2,1-2H3. The Morgan fingerprint density at radius 3 is 2.82 bits per heavy atom. The minimum atomic E-state index is -0.436. The van der Waals surface area contributed by atoms with Crippen LogP contribution in [0.4, 0.5) is 5.69 Å². The highest BCUT2D eigenvalue weighted by atomic mass is 79.9. The second kappa shape index (κ2) is 5.23. The average molecular weight is 296 g/mol. The Hall–Kier alpha value is -0.800. The number of anilines is 1. The molecule has 1 heterocycles. The zero-order valence-corrected chi connectivity index (χ0v) is 11.9. The number of rotatable bonds is 2. The van der Waals surface area contributed by atoms with E-state index in [4.69, 9.17) is 0 Å². The molecule has 1 aliphatic heterocycles. The zero-order valence-electron chi connectivity index (χ0n) is 10.3. The number of hydrogen-bond acceptors (Lipinski definition) is 2. The molecule has 1 atom stereocenters. The van der Waals surface area contributed by atoms with E-state index in [1.54, 1.807) is 0 Å². The third kappa shape index (κ3) is 2.90. The van der Waals surface area contributed by atoms with Gasteiger partial charge in [0.2, 0.25) is 0 Å². The van der Waals surface area contributed by atoms with Gasteiger partial charge in [-0.2, -0.15) is 0 Å². The molecule has 0 amide bonds. The number of halogens is 1. The molecule has 0 saturated heterocycles. The minimum absolute atomic E-state index is 0.436. The molecule has 0 fully saturated rings. The largest absolute Gasteiger partial charge is 0.389 e. The molecule has 1 aromatic rings. The summed E-state index contributed by atoms with van der Waals surface area (Å²) in [6, 6.07) is 6.13. The molecule has 1 aliphatic rings. The highest BCUT2D eigenvalue weighted by Crippen LogP contribution is 2.31. The molecule has 0 aliphatic carbocycles. The van der Waals surface area contributed by atoms with Crippen molar-refractivity contribution in [1.82, 2.24) is 0 Å². The SMILES string of the molecule is CC1=CCCN(c2ccc(Br)cc2C(C)O)C1. The fourth-order valence-electron chi connectivity index (χ4n) is 2.27. The molecule has 17 heavy (non-hydrogen) atoms. The molecule has 0 spiro atoms. The van der Waals surface area contributed by atoms with Crippen LogP contribution in [0.25, 0.3) is 0 Å². The normalized spacial score (nSPS) is 17.9. The Morgan fingerprint density at radius 1 is 1.41 bits per heavy atom. The van der Waals surface area contributed by atoms with Crippen LogP contribution in [0.15, 0.2) is 34.3 Å². The van der Waals surface area contributed by atoms with Gasteiger partial charge in [-0.25, -0.2) is 0 Å². The van der Waals surface area contributed by atoms with Crippen LogP contribution >= 0.6 is 15.9 Å². The van der Waals surface area contributed by atoms with E-state index in [0.29, 0.717) is 0 Å². The first kappa shape index (κ1) is 12.7. The number of aliphatic hydroxyl groups is 1. The van der Waals surface area contributed by atoms with Crippen molar-refractivity contribution in [1.29, 1.82) is 0 Å². The number of nitrogens with zero attached hydrogens (tertiary/aromatic N) is 1. The monoisotopic (exact) mass is 295 g/mol. The van der Waals surface area contributed by atoms with E-state index in [-0.39, 0.29) is 0 Å². The highest BCUT2D eigenvalue weighted by Gasteiger charge is 2.16. The van der Waals surface area contributed by atoms with Crippen molar-refractivity contribution < 1.29 is 5.11 Å². The molecule has 1 aromatic carbocycles. The minimum Gasteiger partial charge on any atom is -0.389 e. The molecule has 3 heteroatoms. The van der Waals surface area contributed by atoms with E-state index in [1.165, 1.54) is 5.57 Å². The molecule has 0 bridgehead atoms. The van der Waals surface area contributed by atoms with Crippen LogP contribution in [0.5, 0.6) is 0 Å². The van der Waals surface area contributed by atoms with E-state index in [1.807, 2.05) is 19.1 Å². The summed E-state index contributed by atoms with van der Waals surface area (Å²) in [7, 11) is 0. The van der Waals surface area contributed by atoms with Crippen LogP contribution in [0.3, 0.4) is 0 Å². The van der Waals surface area contributed by atoms with Crippen molar-refractivity contribution >= 4 is 21.6 Å². The van der Waals surface area contributed by atoms with Crippen LogP contribution in [0.2, 0.25) is 0 Å². The van der Waals surface area contributed by atoms with Crippen LogP contribution in [0, 0.1) is 0 Å². The number of benzene rings is 1. The Labute approximate surface area is 111 Å². The van der Waals surface area contributed by atoms with E-state index in [0.717, 1.165) is 35.2 Å². The second-order valence-electron chi connectivity index (χ2n) is 4.64. The highest BCUT2D eigenvalue weighted by molar-refractivity contribution is 9.10. The lowest BCUT2D eigenvalue weighted by molar-refractivity contribution is 0.199. The van der Waals surface area contributed by atoms with Crippen LogP contribution in [-0.4, -0.2) is 18.2 Å². The molecule has 0 radical (unpaired) electrons. The summed E-state index contributed by atoms with van der Waals surface area (Å²) >= 11 is 3.46. The number of aliphatic hydroxyl groups excluding tert-OH is 1. The first-order chi connectivity index (χ1) is 8.08. The first-order valence-electron chi connectivity index (χ1n) is 5.96. The van der Waals surface area contributed by atoms with Gasteiger partial charge in [0.25, 0.3) is 0 Å². The van der Waals surface area contributed by atoms with E-state index in [9.17, 15) is 5.11 Å². The average Bonchev–Trinajstić information content (AvgIpc) is 2.28. The van der Waals surface area contributed by atoms with Gasteiger partial charge in [0.15, 0.2) is 0 Å². The summed E-state index contributed by atoms with van der Waals surface area (Å²) < 4.78 is 1.02. The van der Waals surface area contributed by atoms with Crippen molar-refractivity contribution in [3.63, 3.8) is 0 Å². The predicted molar refractivity (Wildman–Crippen MR) is 75.4 cm³/mol. The van der Waals surface area contributed by atoms with Crippen molar-refractivity contribution in [2.24, 2.45) is 0 Å². The lowest BCUT2D eigenvalue weighted by atomic mass is 10.0. The molecule has 2 rings (SSSR count). The van der Waals surface area contributed by atoms with Gasteiger partial charge in [-0.15, -0.1) is 0 Å². The van der Waals surface area contributed by atoms with Gasteiger partial charge in [-0.05, 0) is 38.5 Å². The zero-order chi connectivity index (χ0) is 12.4. The summed E-state index contributed by atoms with van der Waals surface area (Å²) in [5, 5.41) is 9.86. The van der Waals surface area contributed by atoms with Gasteiger partial charge in [-0.3, -0.25) is 0 Å². The molecular formula is C14H18BrNO. The molecular weight excluding hydrogens is 278 g/mol. The van der Waals surface area contributed by atoms with Gasteiger partial charge < -0.3 is 10.0 Å². The predicted octanol–water partition coefficient (Wildman–Crippen LogP) is 3.66. The quantitative estimate of drug-likeness (QED) is 0.842. The molecule has 0 saturated carbocycles. The Balaban J connectivity index is 2.34. The molecule has 0 aromatic heterocycles. The third-order valence-corrected chi connectivity index (χ3v) is 3.61. The smallest absolute Gasteiger partial charge is 0.0782 e. The van der Waals surface area contributed by atoms with Gasteiger partial charge in [0.05, 0.1) is 6.10 Å². The fourth-order valence-corrected chi connectivity index (χ4v) is 2.64. The van der Waals surface area contributed by atoms with E-state index >= 15 is 0 Å². The van der Waals surface area contributed by atoms with E-state index < -0.39 is 6.10 Å². The molecule has 1 N–H and O–H groups in total. The Morgan fingerprint density at radius 2 is 2.18 bits per heavy atom. The third-order valence-electron chi connectivity index (χ3n) is 3.11. The first-order valence-corrected chi connectivity index (χ1v) is 6.75. The van der Waals surface area contributed by atoms with Crippen LogP contribution < -0.4 is 4.90 Å². The fraction of sp³-hybridized carbons (Fsp3) is 0.429. The number of hydrogen-bond donors (Lipinski definition) is 1. The van der Waals surface area contributed by atoms with Crippen molar-refractivity contribution in [2.75, 3.05) is 18.0 Å². The van der Waals surface area contributed by atoms with E-state index in [2.05, 4.69) is 39.9 Å². The van der Waals surface area contributed by atoms with Gasteiger partial charge >= 0.3 is 0 Å². The summed E-state index contributed by atoms with van der Waals surface area (Å²) in [6.45, 7) is 5.96. The van der Waals surface area contributed by atoms with Gasteiger partial charge in [0, 0.05) is 28.8 Å². The summed E-state index contributed by atoms with van der Waals surface area (Å²) in [6.07, 6.45) is 2.94. The van der Waals surface area contributed by atoms with Crippen LogP contribution in [0.1, 0.15) is 31.9 Å². The van der Waals surface area contributed by atoms with Crippen molar-refractivity contribution in [2.45, 2.75) is 26.4 Å².